The minimum Gasteiger partial charge on any atom is -0.497 e. The number of aryl methyl sites for hydroxylation is 1. The molecule has 60 heavy (non-hydrogen) atoms. The zero-order chi connectivity index (χ0) is 42.6. The van der Waals surface area contributed by atoms with Gasteiger partial charge in [-0.25, -0.2) is 13.4 Å². The number of carbonyl (C=O) groups is 4. The van der Waals surface area contributed by atoms with Crippen LogP contribution in [0.2, 0.25) is 0 Å². The summed E-state index contributed by atoms with van der Waals surface area (Å²) in [6, 6.07) is 11.4. The monoisotopic (exact) mass is 851 g/mol. The summed E-state index contributed by atoms with van der Waals surface area (Å²) in [5.74, 6) is -4.70. The number of allylic oxidation sites excluding steroid dienone is 1. The molecule has 4 aromatic rings. The van der Waals surface area contributed by atoms with E-state index in [0.29, 0.717) is 65.6 Å². The Hall–Kier alpha value is -5.65. The number of furan rings is 1. The third-order valence-corrected chi connectivity index (χ3v) is 13.4. The molecule has 5 atom stereocenters. The van der Waals surface area contributed by atoms with Gasteiger partial charge < -0.3 is 29.4 Å². The number of ether oxygens (including phenoxy) is 2. The topological polar surface area (TPSA) is 186 Å². The van der Waals surface area contributed by atoms with E-state index in [-0.39, 0.29) is 43.6 Å². The highest BCUT2D eigenvalue weighted by Gasteiger charge is 2.62. The van der Waals surface area contributed by atoms with Gasteiger partial charge in [-0.1, -0.05) is 36.6 Å². The minimum atomic E-state index is -5.28. The van der Waals surface area contributed by atoms with Gasteiger partial charge in [0.1, 0.15) is 40.6 Å². The highest BCUT2D eigenvalue weighted by atomic mass is 32.2. The van der Waals surface area contributed by atoms with Crippen molar-refractivity contribution < 1.29 is 54.7 Å². The number of hydrogen-bond acceptors (Lipinski definition) is 10. The summed E-state index contributed by atoms with van der Waals surface area (Å²) in [7, 11) is -2.45. The predicted molar refractivity (Wildman–Crippen MR) is 212 cm³/mol. The fourth-order valence-corrected chi connectivity index (χ4v) is 9.45. The first-order chi connectivity index (χ1) is 28.6. The lowest BCUT2D eigenvalue weighted by Crippen LogP contribution is -2.58. The second-order valence-corrected chi connectivity index (χ2v) is 18.0. The van der Waals surface area contributed by atoms with Gasteiger partial charge in [-0.2, -0.15) is 13.2 Å². The Balaban J connectivity index is 1.16. The number of carbonyl (C=O) groups excluding carboxylic acids is 4. The van der Waals surface area contributed by atoms with Crippen molar-refractivity contribution in [1.82, 2.24) is 25.2 Å². The molecule has 0 bridgehead atoms. The molecular weight excluding hydrogens is 808 g/mol. The Morgan fingerprint density at radius 1 is 1.03 bits per heavy atom. The predicted octanol–water partition coefficient (Wildman–Crippen LogP) is 5.36. The lowest BCUT2D eigenvalue weighted by Gasteiger charge is -2.30. The number of methoxy groups -OCH3 is 1. The second-order valence-electron chi connectivity index (χ2n) is 16.0. The Kier molecular flexibility index (Phi) is 10.8. The van der Waals surface area contributed by atoms with Crippen molar-refractivity contribution in [3.05, 3.63) is 66.2 Å². The normalized spacial score (nSPS) is 25.6. The minimum absolute atomic E-state index is 0.0841. The maximum absolute atomic E-state index is 14.5. The fourth-order valence-electron chi connectivity index (χ4n) is 8.08. The summed E-state index contributed by atoms with van der Waals surface area (Å²) in [6.45, 7) is 1.63. The van der Waals surface area contributed by atoms with Crippen LogP contribution in [0.25, 0.3) is 33.3 Å². The van der Waals surface area contributed by atoms with Crippen molar-refractivity contribution in [3.63, 3.8) is 0 Å². The van der Waals surface area contributed by atoms with Gasteiger partial charge >= 0.3 is 12.1 Å². The summed E-state index contributed by atoms with van der Waals surface area (Å²) in [5.41, 5.74) is 1.79. The van der Waals surface area contributed by atoms with E-state index in [0.717, 1.165) is 10.5 Å². The van der Waals surface area contributed by atoms with Crippen LogP contribution >= 0.6 is 0 Å². The second kappa shape index (κ2) is 15.7. The quantitative estimate of drug-likeness (QED) is 0.195. The molecule has 14 nitrogen and oxygen atoms in total. The number of benzene rings is 2. The molecule has 3 N–H and O–H groups in total. The van der Waals surface area contributed by atoms with Gasteiger partial charge in [0, 0.05) is 29.4 Å². The summed E-state index contributed by atoms with van der Waals surface area (Å²) in [5, 5.41) is 4.59. The van der Waals surface area contributed by atoms with Crippen LogP contribution in [0.1, 0.15) is 63.4 Å². The molecule has 2 aliphatic carbocycles. The summed E-state index contributed by atoms with van der Waals surface area (Å²) >= 11 is 0. The van der Waals surface area contributed by atoms with E-state index >= 15 is 0 Å². The summed E-state index contributed by atoms with van der Waals surface area (Å²) in [6.07, 6.45) is -0.204. The van der Waals surface area contributed by atoms with E-state index < -0.39 is 74.7 Å². The zero-order valence-electron chi connectivity index (χ0n) is 32.8. The van der Waals surface area contributed by atoms with Gasteiger partial charge in [-0.3, -0.25) is 23.9 Å². The molecule has 8 rings (SSSR count). The van der Waals surface area contributed by atoms with E-state index in [1.807, 2.05) is 42.6 Å². The number of alkyl halides is 3. The van der Waals surface area contributed by atoms with E-state index in [2.05, 4.69) is 10.0 Å². The molecule has 4 amide bonds. The molecule has 18 heteroatoms. The summed E-state index contributed by atoms with van der Waals surface area (Å²) < 4.78 is 86.8. The Labute approximate surface area is 343 Å². The molecule has 4 heterocycles. The number of nitrogens with zero attached hydrogens (tertiary/aromatic N) is 2. The number of sulfonamides is 1. The first-order valence-corrected chi connectivity index (χ1v) is 21.5. The third kappa shape index (κ3) is 8.25. The lowest BCUT2D eigenvalue weighted by molar-refractivity contribution is -0.175. The van der Waals surface area contributed by atoms with Crippen molar-refractivity contribution >= 4 is 55.7 Å². The number of aromatic nitrogens is 1. The molecule has 2 saturated carbocycles. The van der Waals surface area contributed by atoms with Gasteiger partial charge in [0.05, 0.1) is 24.6 Å². The number of nitrogens with one attached hydrogen (secondary N) is 3. The number of rotatable bonds is 8. The van der Waals surface area contributed by atoms with E-state index in [1.54, 1.807) is 37.5 Å². The van der Waals surface area contributed by atoms with Crippen molar-refractivity contribution in [2.45, 2.75) is 99.9 Å². The molecule has 0 spiro atoms. The van der Waals surface area contributed by atoms with Crippen LogP contribution in [-0.4, -0.2) is 90.7 Å². The Bertz CT molecular complexity index is 2500. The van der Waals surface area contributed by atoms with E-state index in [1.165, 1.54) is 0 Å². The highest BCUT2D eigenvalue weighted by Crippen LogP contribution is 2.46. The number of halogens is 3. The number of fused-ring (bicyclic) bond motifs is 5. The van der Waals surface area contributed by atoms with Gasteiger partial charge in [-0.15, -0.1) is 0 Å². The molecule has 2 aliphatic heterocycles. The number of hydrogen-bond donors (Lipinski definition) is 3. The van der Waals surface area contributed by atoms with Gasteiger partial charge in [0.25, 0.3) is 5.91 Å². The molecular formula is C42H44F3N5O9S. The van der Waals surface area contributed by atoms with Crippen LogP contribution in [0, 0.1) is 12.8 Å². The molecule has 2 aromatic heterocycles. The molecule has 2 aromatic carbocycles. The molecule has 0 unspecified atom stereocenters. The Morgan fingerprint density at radius 3 is 2.52 bits per heavy atom. The first-order valence-electron chi connectivity index (χ1n) is 19.9. The lowest BCUT2D eigenvalue weighted by atomic mass is 10.0. The molecule has 1 saturated heterocycles. The van der Waals surface area contributed by atoms with Gasteiger partial charge in [-0.05, 0) is 81.8 Å². The maximum atomic E-state index is 14.5. The molecule has 318 valence electrons. The van der Waals surface area contributed by atoms with E-state index in [4.69, 9.17) is 18.9 Å². The van der Waals surface area contributed by atoms with Crippen LogP contribution in [0.5, 0.6) is 11.5 Å². The van der Waals surface area contributed by atoms with Crippen LogP contribution in [0.4, 0.5) is 13.2 Å². The average Bonchev–Trinajstić information content (AvgIpc) is 4.11. The van der Waals surface area contributed by atoms with Crippen molar-refractivity contribution in [2.75, 3.05) is 13.7 Å². The van der Waals surface area contributed by atoms with Crippen LogP contribution in [0.3, 0.4) is 0 Å². The average molecular weight is 852 g/mol. The smallest absolute Gasteiger partial charge is 0.471 e. The van der Waals surface area contributed by atoms with Gasteiger partial charge in [0.2, 0.25) is 21.8 Å². The van der Waals surface area contributed by atoms with Crippen LogP contribution in [0.15, 0.2) is 65.1 Å². The number of amides is 4. The fraction of sp³-hybridized carbons (Fsp3) is 0.452. The molecule has 0 radical (unpaired) electrons. The van der Waals surface area contributed by atoms with Gasteiger partial charge in [0.15, 0.2) is 11.3 Å². The summed E-state index contributed by atoms with van der Waals surface area (Å²) in [4.78, 5) is 60.9. The first kappa shape index (κ1) is 41.1. The number of pyridine rings is 1. The molecule has 4 aliphatic rings. The maximum Gasteiger partial charge on any atom is 0.471 e. The standard InChI is InChI=1S/C42H44F3N5O9S/c1-23-10-17-33-29(18-23)35-36(59-33)34(20-31(46-35)24-11-13-26(57-2)14-12-24)58-27-19-32-37(51)48-41(39(53)49-60(55,56)28-15-16-28)21-25(41)8-6-4-3-5-7-9-30(38(52)50(32)22-27)47-40(54)42(43,44)45/h6,8,10-14,17-18,20,25,27-28,30,32H,3-5,7,9,15-16,19,21-22H2,1-2H3,(H,47,54)(H,48,51)(H,49,53)/b8-6-/t25-,27+,30-,32-,41+/m0/s1. The Morgan fingerprint density at radius 2 is 1.80 bits per heavy atom. The van der Waals surface area contributed by atoms with Crippen LogP contribution in [-0.2, 0) is 29.2 Å². The third-order valence-electron chi connectivity index (χ3n) is 11.6. The SMILES string of the molecule is COc1ccc(-c2cc(O[C@@H]3C[C@H]4C(=O)N[C@]5(C(=O)NS(=O)(=O)C6CC6)C[C@@H]5/C=C\CCCCC[C@H](NC(=O)C(F)(F)F)C(=O)N4C3)c3oc4ccc(C)cc4c3n2)cc1. The van der Waals surface area contributed by atoms with Crippen LogP contribution < -0.4 is 24.8 Å². The highest BCUT2D eigenvalue weighted by molar-refractivity contribution is 7.91. The zero-order valence-corrected chi connectivity index (χ0v) is 33.7. The van der Waals surface area contributed by atoms with Crippen molar-refractivity contribution in [1.29, 1.82) is 0 Å². The largest absolute Gasteiger partial charge is 0.497 e. The van der Waals surface area contributed by atoms with E-state index in [9.17, 15) is 40.8 Å². The molecule has 3 fully saturated rings. The van der Waals surface area contributed by atoms with Crippen molar-refractivity contribution in [3.8, 4) is 22.8 Å². The van der Waals surface area contributed by atoms with Crippen molar-refractivity contribution in [2.24, 2.45) is 5.92 Å².